The Morgan fingerprint density at radius 3 is 2.33 bits per heavy atom. The fourth-order valence-corrected chi connectivity index (χ4v) is 4.05. The van der Waals surface area contributed by atoms with E-state index in [0.29, 0.717) is 54.3 Å². The number of halogens is 2. The third-order valence-electron chi connectivity index (χ3n) is 5.05. The molecule has 3 rings (SSSR count). The van der Waals surface area contributed by atoms with Gasteiger partial charge in [0.05, 0.1) is 0 Å². The Labute approximate surface area is 169 Å². The molecule has 0 saturated carbocycles. The first-order valence-electron chi connectivity index (χ1n) is 9.39. The molecular formula is C19H25Cl2N3O3. The monoisotopic (exact) mass is 413 g/mol. The standard InChI is InChI=1S/C19H25Cl2N3O3/c20-15-11-16(21)13-17(12-15)22-19(26)24-5-1-4-23(6-7-24)18(25)10-14-2-8-27-9-3-14/h11-14H,1-10H2,(H,22,26). The van der Waals surface area contributed by atoms with E-state index in [1.165, 1.54) is 0 Å². The van der Waals surface area contributed by atoms with Crippen molar-refractivity contribution in [3.05, 3.63) is 28.2 Å². The maximum absolute atomic E-state index is 12.6. The smallest absolute Gasteiger partial charge is 0.321 e. The number of amides is 3. The number of nitrogens with zero attached hydrogens (tertiary/aromatic N) is 2. The molecular weight excluding hydrogens is 389 g/mol. The van der Waals surface area contributed by atoms with Crippen molar-refractivity contribution in [1.29, 1.82) is 0 Å². The molecule has 2 saturated heterocycles. The van der Waals surface area contributed by atoms with Gasteiger partial charge in [0.2, 0.25) is 5.91 Å². The lowest BCUT2D eigenvalue weighted by molar-refractivity contribution is -0.132. The highest BCUT2D eigenvalue weighted by Gasteiger charge is 2.25. The van der Waals surface area contributed by atoms with Crippen molar-refractivity contribution in [1.82, 2.24) is 9.80 Å². The van der Waals surface area contributed by atoms with E-state index in [1.807, 2.05) is 4.90 Å². The van der Waals surface area contributed by atoms with Crippen LogP contribution in [-0.2, 0) is 9.53 Å². The van der Waals surface area contributed by atoms with Crippen LogP contribution in [0.25, 0.3) is 0 Å². The molecule has 1 aromatic carbocycles. The second-order valence-electron chi connectivity index (χ2n) is 7.07. The van der Waals surface area contributed by atoms with Crippen molar-refractivity contribution >= 4 is 40.8 Å². The van der Waals surface area contributed by atoms with Crippen molar-refractivity contribution in [2.24, 2.45) is 5.92 Å². The normalized spacial score (nSPS) is 18.9. The quantitative estimate of drug-likeness (QED) is 0.817. The van der Waals surface area contributed by atoms with Crippen LogP contribution in [-0.4, -0.2) is 61.1 Å². The molecule has 0 bridgehead atoms. The van der Waals surface area contributed by atoms with E-state index in [4.69, 9.17) is 27.9 Å². The number of nitrogens with one attached hydrogen (secondary N) is 1. The second kappa shape index (κ2) is 9.62. The van der Waals surface area contributed by atoms with E-state index in [1.54, 1.807) is 23.1 Å². The molecule has 0 aliphatic carbocycles. The summed E-state index contributed by atoms with van der Waals surface area (Å²) in [6, 6.07) is 4.74. The van der Waals surface area contributed by atoms with Gasteiger partial charge in [-0.2, -0.15) is 0 Å². The van der Waals surface area contributed by atoms with Gasteiger partial charge in [-0.25, -0.2) is 4.79 Å². The molecule has 0 unspecified atom stereocenters. The summed E-state index contributed by atoms with van der Waals surface area (Å²) in [4.78, 5) is 28.8. The minimum atomic E-state index is -0.202. The fraction of sp³-hybridized carbons (Fsp3) is 0.579. The Kier molecular flexibility index (Phi) is 7.21. The average molecular weight is 414 g/mol. The van der Waals surface area contributed by atoms with Gasteiger partial charge < -0.3 is 19.9 Å². The molecule has 148 valence electrons. The molecule has 2 aliphatic rings. The van der Waals surface area contributed by atoms with E-state index < -0.39 is 0 Å². The van der Waals surface area contributed by atoms with Crippen LogP contribution in [0.4, 0.5) is 10.5 Å². The molecule has 2 heterocycles. The molecule has 1 N–H and O–H groups in total. The molecule has 2 aliphatic heterocycles. The van der Waals surface area contributed by atoms with Crippen LogP contribution < -0.4 is 5.32 Å². The summed E-state index contributed by atoms with van der Waals surface area (Å²) in [5, 5.41) is 3.77. The topological polar surface area (TPSA) is 61.9 Å². The van der Waals surface area contributed by atoms with Crippen LogP contribution in [0.2, 0.25) is 10.0 Å². The third kappa shape index (κ3) is 5.99. The summed E-state index contributed by atoms with van der Waals surface area (Å²) in [6.07, 6.45) is 3.26. The number of carbonyl (C=O) groups is 2. The Bertz CT molecular complexity index is 660. The molecule has 0 aromatic heterocycles. The summed E-state index contributed by atoms with van der Waals surface area (Å²) in [5.74, 6) is 0.604. The largest absolute Gasteiger partial charge is 0.381 e. The minimum absolute atomic E-state index is 0.186. The molecule has 3 amide bonds. The Balaban J connectivity index is 1.51. The highest BCUT2D eigenvalue weighted by molar-refractivity contribution is 6.35. The molecule has 0 atom stereocenters. The van der Waals surface area contributed by atoms with Crippen LogP contribution in [0, 0.1) is 5.92 Å². The van der Waals surface area contributed by atoms with E-state index in [2.05, 4.69) is 5.32 Å². The lowest BCUT2D eigenvalue weighted by atomic mass is 9.96. The summed E-state index contributed by atoms with van der Waals surface area (Å²) >= 11 is 12.0. The number of benzene rings is 1. The number of hydrogen-bond donors (Lipinski definition) is 1. The molecule has 8 heteroatoms. The van der Waals surface area contributed by atoms with Crippen LogP contribution in [0.1, 0.15) is 25.7 Å². The zero-order chi connectivity index (χ0) is 19.2. The van der Waals surface area contributed by atoms with E-state index in [-0.39, 0.29) is 11.9 Å². The maximum atomic E-state index is 12.6. The van der Waals surface area contributed by atoms with E-state index in [9.17, 15) is 9.59 Å². The third-order valence-corrected chi connectivity index (χ3v) is 5.49. The lowest BCUT2D eigenvalue weighted by Crippen LogP contribution is -2.39. The average Bonchev–Trinajstić information content (AvgIpc) is 2.88. The zero-order valence-corrected chi connectivity index (χ0v) is 16.8. The zero-order valence-electron chi connectivity index (χ0n) is 15.3. The number of ether oxygens (including phenoxy) is 1. The summed E-state index contributed by atoms with van der Waals surface area (Å²) < 4.78 is 5.36. The molecule has 0 spiro atoms. The second-order valence-corrected chi connectivity index (χ2v) is 7.94. The van der Waals surface area contributed by atoms with Crippen LogP contribution in [0.5, 0.6) is 0 Å². The van der Waals surface area contributed by atoms with Gasteiger partial charge in [0.1, 0.15) is 0 Å². The van der Waals surface area contributed by atoms with Crippen molar-refractivity contribution in [2.75, 3.05) is 44.7 Å². The van der Waals surface area contributed by atoms with Crippen LogP contribution in [0.15, 0.2) is 18.2 Å². The number of carbonyl (C=O) groups excluding carboxylic acids is 2. The van der Waals surface area contributed by atoms with Crippen molar-refractivity contribution in [3.63, 3.8) is 0 Å². The molecule has 1 aromatic rings. The molecule has 0 radical (unpaired) electrons. The Hall–Kier alpha value is -1.50. The van der Waals surface area contributed by atoms with Crippen LogP contribution >= 0.6 is 23.2 Å². The first kappa shape index (κ1) is 20.2. The van der Waals surface area contributed by atoms with Crippen molar-refractivity contribution in [2.45, 2.75) is 25.7 Å². The minimum Gasteiger partial charge on any atom is -0.381 e. The summed E-state index contributed by atoms with van der Waals surface area (Å²) in [7, 11) is 0. The number of hydrogen-bond acceptors (Lipinski definition) is 3. The van der Waals surface area contributed by atoms with Crippen molar-refractivity contribution < 1.29 is 14.3 Å². The van der Waals surface area contributed by atoms with E-state index in [0.717, 1.165) is 32.5 Å². The maximum Gasteiger partial charge on any atom is 0.321 e. The summed E-state index contributed by atoms with van der Waals surface area (Å²) in [6.45, 7) is 3.88. The molecule has 6 nitrogen and oxygen atoms in total. The van der Waals surface area contributed by atoms with Gasteiger partial charge in [-0.1, -0.05) is 23.2 Å². The number of rotatable bonds is 3. The van der Waals surface area contributed by atoms with Gasteiger partial charge in [-0.15, -0.1) is 0 Å². The highest BCUT2D eigenvalue weighted by atomic mass is 35.5. The van der Waals surface area contributed by atoms with Crippen molar-refractivity contribution in [3.8, 4) is 0 Å². The van der Waals surface area contributed by atoms with Crippen LogP contribution in [0.3, 0.4) is 0 Å². The van der Waals surface area contributed by atoms with E-state index >= 15 is 0 Å². The highest BCUT2D eigenvalue weighted by Crippen LogP contribution is 2.23. The Morgan fingerprint density at radius 2 is 1.63 bits per heavy atom. The van der Waals surface area contributed by atoms with Gasteiger partial charge >= 0.3 is 6.03 Å². The molecule has 27 heavy (non-hydrogen) atoms. The fourth-order valence-electron chi connectivity index (χ4n) is 3.53. The van der Waals surface area contributed by atoms with Gasteiger partial charge in [-0.3, -0.25) is 4.79 Å². The number of urea groups is 1. The number of anilines is 1. The van der Waals surface area contributed by atoms with Gasteiger partial charge in [0, 0.05) is 61.5 Å². The van der Waals surface area contributed by atoms with Gasteiger partial charge in [0.15, 0.2) is 0 Å². The Morgan fingerprint density at radius 1 is 1.00 bits per heavy atom. The first-order chi connectivity index (χ1) is 13.0. The first-order valence-corrected chi connectivity index (χ1v) is 10.1. The summed E-state index contributed by atoms with van der Waals surface area (Å²) in [5.41, 5.74) is 0.564. The SMILES string of the molecule is O=C(CC1CCOCC1)N1CCCN(C(=O)Nc2cc(Cl)cc(Cl)c2)CC1. The predicted octanol–water partition coefficient (Wildman–Crippen LogP) is 3.88. The predicted molar refractivity (Wildman–Crippen MR) is 106 cm³/mol. The lowest BCUT2D eigenvalue weighted by Gasteiger charge is -2.26. The van der Waals surface area contributed by atoms with Gasteiger partial charge in [0.25, 0.3) is 0 Å². The molecule has 2 fully saturated rings. The van der Waals surface area contributed by atoms with Gasteiger partial charge in [-0.05, 0) is 43.4 Å².